The molecule has 0 aromatic rings. The molecule has 2 aliphatic heterocycles. The third kappa shape index (κ3) is 1.79. The van der Waals surface area contributed by atoms with E-state index in [1.54, 1.807) is 0 Å². The van der Waals surface area contributed by atoms with Gasteiger partial charge in [-0.05, 0) is 40.5 Å². The molecule has 1 amide bonds. The van der Waals surface area contributed by atoms with Crippen LogP contribution in [0.25, 0.3) is 0 Å². The molecule has 0 bridgehead atoms. The summed E-state index contributed by atoms with van der Waals surface area (Å²) < 4.78 is 11.2. The minimum Gasteiger partial charge on any atom is -0.453 e. The summed E-state index contributed by atoms with van der Waals surface area (Å²) >= 11 is 0. The van der Waals surface area contributed by atoms with Gasteiger partial charge in [-0.2, -0.15) is 0 Å². The Bertz CT molecular complexity index is 400. The van der Waals surface area contributed by atoms with Gasteiger partial charge in [0.1, 0.15) is 0 Å². The largest absolute Gasteiger partial charge is 0.453 e. The van der Waals surface area contributed by atoms with E-state index < -0.39 is 0 Å². The van der Waals surface area contributed by atoms with E-state index in [1.165, 1.54) is 7.11 Å². The van der Waals surface area contributed by atoms with Crippen LogP contribution in [0.5, 0.6) is 0 Å². The predicted octanol–water partition coefficient (Wildman–Crippen LogP) is 3.20. The molecule has 2 aliphatic rings. The Hall–Kier alpha value is -0.770. The van der Waals surface area contributed by atoms with Gasteiger partial charge in [0.05, 0.1) is 24.9 Å². The molecular formula is C15H27NO3. The van der Waals surface area contributed by atoms with E-state index in [0.29, 0.717) is 6.54 Å². The number of carbonyl (C=O) groups is 1. The van der Waals surface area contributed by atoms with Crippen molar-refractivity contribution in [3.05, 3.63) is 0 Å². The Morgan fingerprint density at radius 1 is 1.11 bits per heavy atom. The van der Waals surface area contributed by atoms with Crippen LogP contribution in [-0.2, 0) is 9.47 Å². The second-order valence-electron chi connectivity index (χ2n) is 7.60. The molecule has 0 radical (unpaired) electrons. The van der Waals surface area contributed by atoms with E-state index >= 15 is 0 Å². The third-order valence-electron chi connectivity index (χ3n) is 5.77. The number of carbonyl (C=O) groups excluding carboxylic acids is 1. The molecule has 0 aromatic heterocycles. The Kier molecular flexibility index (Phi) is 2.98. The quantitative estimate of drug-likeness (QED) is 0.678. The van der Waals surface area contributed by atoms with Crippen molar-refractivity contribution in [2.45, 2.75) is 71.1 Å². The topological polar surface area (TPSA) is 38.8 Å². The van der Waals surface area contributed by atoms with E-state index in [9.17, 15) is 4.79 Å². The van der Waals surface area contributed by atoms with Gasteiger partial charge in [-0.25, -0.2) is 4.79 Å². The van der Waals surface area contributed by atoms with E-state index in [-0.39, 0.29) is 28.2 Å². The molecule has 110 valence electrons. The zero-order valence-electron chi connectivity index (χ0n) is 13.3. The fraction of sp³-hybridized carbons (Fsp3) is 0.933. The van der Waals surface area contributed by atoms with E-state index in [4.69, 9.17) is 9.47 Å². The molecule has 0 aromatic carbocycles. The molecule has 2 rings (SSSR count). The first-order valence-electron chi connectivity index (χ1n) is 7.05. The number of hydrogen-bond donors (Lipinski definition) is 0. The molecule has 4 nitrogen and oxygen atoms in total. The van der Waals surface area contributed by atoms with Gasteiger partial charge in [0.2, 0.25) is 0 Å². The Morgan fingerprint density at radius 3 is 2.11 bits per heavy atom. The minimum atomic E-state index is -0.256. The first-order chi connectivity index (χ1) is 8.49. The lowest BCUT2D eigenvalue weighted by atomic mass is 9.55. The smallest absolute Gasteiger partial charge is 0.410 e. The summed E-state index contributed by atoms with van der Waals surface area (Å²) in [5.41, 5.74) is -0.503. The molecule has 0 N–H and O–H groups in total. The molecule has 0 saturated carbocycles. The number of methoxy groups -OCH3 is 1. The highest BCUT2D eigenvalue weighted by Crippen LogP contribution is 2.61. The van der Waals surface area contributed by atoms with Crippen LogP contribution < -0.4 is 0 Å². The second kappa shape index (κ2) is 3.87. The predicted molar refractivity (Wildman–Crippen MR) is 74.1 cm³/mol. The van der Waals surface area contributed by atoms with Crippen molar-refractivity contribution in [3.63, 3.8) is 0 Å². The van der Waals surface area contributed by atoms with Crippen molar-refractivity contribution in [2.24, 2.45) is 5.41 Å². The molecule has 4 heteroatoms. The van der Waals surface area contributed by atoms with Crippen LogP contribution in [-0.4, -0.2) is 41.4 Å². The summed E-state index contributed by atoms with van der Waals surface area (Å²) in [5, 5.41) is 0. The maximum Gasteiger partial charge on any atom is 0.410 e. The Labute approximate surface area is 116 Å². The molecule has 2 fully saturated rings. The van der Waals surface area contributed by atoms with Gasteiger partial charge >= 0.3 is 6.09 Å². The van der Waals surface area contributed by atoms with Gasteiger partial charge in [0.15, 0.2) is 0 Å². The van der Waals surface area contributed by atoms with Crippen LogP contribution in [0.2, 0.25) is 0 Å². The summed E-state index contributed by atoms with van der Waals surface area (Å²) in [5.74, 6) is 0. The highest BCUT2D eigenvalue weighted by molar-refractivity contribution is 5.69. The molecule has 0 aliphatic carbocycles. The van der Waals surface area contributed by atoms with E-state index in [0.717, 1.165) is 12.8 Å². The van der Waals surface area contributed by atoms with E-state index in [1.807, 2.05) is 4.90 Å². The van der Waals surface area contributed by atoms with Crippen LogP contribution in [0.4, 0.5) is 4.79 Å². The molecule has 2 saturated heterocycles. The summed E-state index contributed by atoms with van der Waals surface area (Å²) in [6.45, 7) is 13.5. The number of amides is 1. The first-order valence-corrected chi connectivity index (χ1v) is 7.05. The lowest BCUT2D eigenvalue weighted by Crippen LogP contribution is -2.78. The number of rotatable bonds is 0. The zero-order chi connectivity index (χ0) is 14.7. The van der Waals surface area contributed by atoms with Gasteiger partial charge in [-0.1, -0.05) is 13.8 Å². The molecular weight excluding hydrogens is 242 g/mol. The maximum atomic E-state index is 12.0. The summed E-state index contributed by atoms with van der Waals surface area (Å²) in [6.07, 6.45) is 1.67. The summed E-state index contributed by atoms with van der Waals surface area (Å²) in [6, 6.07) is 0. The lowest BCUT2D eigenvalue weighted by Gasteiger charge is -2.70. The van der Waals surface area contributed by atoms with Crippen molar-refractivity contribution >= 4 is 6.09 Å². The van der Waals surface area contributed by atoms with Gasteiger partial charge in [0.25, 0.3) is 0 Å². The molecule has 2 heterocycles. The van der Waals surface area contributed by atoms with Gasteiger partial charge < -0.3 is 14.4 Å². The molecule has 19 heavy (non-hydrogen) atoms. The monoisotopic (exact) mass is 269 g/mol. The highest BCUT2D eigenvalue weighted by atomic mass is 16.6. The number of nitrogens with zero attached hydrogens (tertiary/aromatic N) is 1. The summed E-state index contributed by atoms with van der Waals surface area (Å²) in [7, 11) is 1.44. The normalized spacial score (nSPS) is 34.8. The number of piperidine rings is 1. The Morgan fingerprint density at radius 2 is 1.68 bits per heavy atom. The highest BCUT2D eigenvalue weighted by Gasteiger charge is 2.68. The zero-order valence-corrected chi connectivity index (χ0v) is 13.3. The van der Waals surface area contributed by atoms with Gasteiger partial charge in [-0.15, -0.1) is 0 Å². The average Bonchev–Trinajstić information content (AvgIpc) is 2.30. The van der Waals surface area contributed by atoms with Crippen molar-refractivity contribution in [3.8, 4) is 0 Å². The van der Waals surface area contributed by atoms with Crippen molar-refractivity contribution in [2.75, 3.05) is 13.7 Å². The second-order valence-corrected chi connectivity index (χ2v) is 7.60. The van der Waals surface area contributed by atoms with Crippen LogP contribution >= 0.6 is 0 Å². The van der Waals surface area contributed by atoms with Crippen LogP contribution in [0.1, 0.15) is 54.4 Å². The molecule has 1 unspecified atom stereocenters. The Balaban J connectivity index is 2.27. The van der Waals surface area contributed by atoms with Crippen LogP contribution in [0.15, 0.2) is 0 Å². The van der Waals surface area contributed by atoms with Crippen LogP contribution in [0, 0.1) is 5.41 Å². The SMILES string of the molecule is COC(=O)N1CC2(CCC1(C)C)OC(C)(C)C2(C)C. The van der Waals surface area contributed by atoms with Crippen molar-refractivity contribution < 1.29 is 14.3 Å². The van der Waals surface area contributed by atoms with Crippen molar-refractivity contribution in [1.29, 1.82) is 0 Å². The lowest BCUT2D eigenvalue weighted by molar-refractivity contribution is -0.370. The minimum absolute atomic E-state index is 0.0444. The van der Waals surface area contributed by atoms with Gasteiger partial charge in [0, 0.05) is 11.0 Å². The van der Waals surface area contributed by atoms with Gasteiger partial charge in [-0.3, -0.25) is 0 Å². The van der Waals surface area contributed by atoms with Crippen molar-refractivity contribution in [1.82, 2.24) is 4.90 Å². The average molecular weight is 269 g/mol. The fourth-order valence-corrected chi connectivity index (χ4v) is 3.45. The fourth-order valence-electron chi connectivity index (χ4n) is 3.45. The third-order valence-corrected chi connectivity index (χ3v) is 5.77. The number of hydrogen-bond acceptors (Lipinski definition) is 3. The van der Waals surface area contributed by atoms with E-state index in [2.05, 4.69) is 41.5 Å². The molecule has 1 spiro atoms. The summed E-state index contributed by atoms with van der Waals surface area (Å²) in [4.78, 5) is 13.9. The van der Waals surface area contributed by atoms with Crippen LogP contribution in [0.3, 0.4) is 0 Å². The maximum absolute atomic E-state index is 12.0. The molecule has 1 atom stereocenters. The standard InChI is InChI=1S/C15H27NO3/c1-12(2)8-9-15(10-16(12)11(17)18-7)13(3,4)14(5,6)19-15/h8-10H2,1-7H3. The number of ether oxygens (including phenoxy) is 2. The number of likely N-dealkylation sites (tertiary alicyclic amines) is 1. The first kappa shape index (κ1) is 14.6.